The van der Waals surface area contributed by atoms with Crippen LogP contribution in [0.4, 0.5) is 0 Å². The Balaban J connectivity index is -0.000000122. The van der Waals surface area contributed by atoms with E-state index < -0.39 is 22.4 Å². The van der Waals surface area contributed by atoms with Crippen LogP contribution in [0, 0.1) is 0 Å². The number of rotatable bonds is 16. The third-order valence-electron chi connectivity index (χ3n) is 7.98. The van der Waals surface area contributed by atoms with Crippen molar-refractivity contribution in [1.82, 2.24) is 0 Å². The van der Waals surface area contributed by atoms with Crippen LogP contribution >= 0.6 is 0 Å². The maximum Gasteiger partial charge on any atom is 4.00 e. The number of hydrogen-bond donors (Lipinski definition) is 0. The Labute approximate surface area is 249 Å². The van der Waals surface area contributed by atoms with Gasteiger partial charge in [0.1, 0.15) is 0 Å². The second kappa shape index (κ2) is 28.1. The number of hydrogen-bond acceptors (Lipinski definition) is 4. The first kappa shape index (κ1) is 47.3. The minimum absolute atomic E-state index is 0. The zero-order valence-electron chi connectivity index (χ0n) is 27.4. The first-order valence-corrected chi connectivity index (χ1v) is 15.5. The molecule has 0 aliphatic carbocycles. The van der Waals surface area contributed by atoms with Crippen molar-refractivity contribution in [3.8, 4) is 0 Å². The molecule has 0 aliphatic heterocycles. The van der Waals surface area contributed by atoms with Crippen LogP contribution in [0.3, 0.4) is 0 Å². The maximum atomic E-state index is 11.4. The molecule has 0 saturated heterocycles. The molecule has 0 radical (unpaired) electrons. The standard InChI is InChI=1S/4C8H17O.Ti/c4*1-4-7-8(9,5-2)6-3;/h4*4-7H2,1-3H3;/q4*-1;+4. The molecule has 0 spiro atoms. The Hall–Kier alpha value is 0.554. The molecule has 0 saturated carbocycles. The molecular formula is C32H68O4Ti. The predicted octanol–water partition coefficient (Wildman–Crippen LogP) is 6.82. The minimum atomic E-state index is -0.616. The topological polar surface area (TPSA) is 92.2 Å². The molecule has 0 fully saturated rings. The van der Waals surface area contributed by atoms with Gasteiger partial charge in [0.25, 0.3) is 0 Å². The molecule has 37 heavy (non-hydrogen) atoms. The van der Waals surface area contributed by atoms with E-state index in [2.05, 4.69) is 27.7 Å². The van der Waals surface area contributed by atoms with Crippen LogP contribution in [-0.4, -0.2) is 22.4 Å². The van der Waals surface area contributed by atoms with Crippen molar-refractivity contribution in [2.45, 2.75) is 208 Å². The fourth-order valence-electron chi connectivity index (χ4n) is 4.24. The van der Waals surface area contributed by atoms with Gasteiger partial charge in [-0.15, -0.1) is 22.4 Å². The van der Waals surface area contributed by atoms with Crippen molar-refractivity contribution >= 4 is 0 Å². The summed E-state index contributed by atoms with van der Waals surface area (Å²) in [7, 11) is 0. The smallest absolute Gasteiger partial charge is 0.849 e. The average Bonchev–Trinajstić information content (AvgIpc) is 2.90. The predicted molar refractivity (Wildman–Crippen MR) is 153 cm³/mol. The quantitative estimate of drug-likeness (QED) is 0.192. The first-order chi connectivity index (χ1) is 16.7. The van der Waals surface area contributed by atoms with Gasteiger partial charge in [-0.3, -0.25) is 0 Å². The normalized spacial score (nSPS) is 11.7. The molecule has 0 aromatic carbocycles. The van der Waals surface area contributed by atoms with Gasteiger partial charge in [0.15, 0.2) is 0 Å². The van der Waals surface area contributed by atoms with Crippen molar-refractivity contribution in [3.63, 3.8) is 0 Å². The molecule has 0 N–H and O–H groups in total. The van der Waals surface area contributed by atoms with Gasteiger partial charge >= 0.3 is 21.7 Å². The largest absolute Gasteiger partial charge is 4.00 e. The van der Waals surface area contributed by atoms with E-state index in [0.29, 0.717) is 0 Å². The summed E-state index contributed by atoms with van der Waals surface area (Å²) in [6.07, 6.45) is 13.6. The minimum Gasteiger partial charge on any atom is -0.849 e. The van der Waals surface area contributed by atoms with Crippen LogP contribution in [0.15, 0.2) is 0 Å². The molecule has 0 aromatic heterocycles. The Kier molecular flexibility index (Phi) is 36.0. The molecule has 0 bridgehead atoms. The summed E-state index contributed by atoms with van der Waals surface area (Å²) < 4.78 is 0. The molecule has 0 heterocycles. The molecule has 0 atom stereocenters. The maximum absolute atomic E-state index is 11.4. The van der Waals surface area contributed by atoms with Crippen LogP contribution in [0.2, 0.25) is 0 Å². The molecule has 0 aromatic rings. The summed E-state index contributed by atoms with van der Waals surface area (Å²) >= 11 is 0. The third-order valence-corrected chi connectivity index (χ3v) is 7.98. The summed E-state index contributed by atoms with van der Waals surface area (Å²) in [4.78, 5) is 0. The summed E-state index contributed by atoms with van der Waals surface area (Å²) in [5, 5.41) is 45.8. The SMILES string of the molecule is CCCC([O-])(CC)CC.CCCC([O-])(CC)CC.CCCC([O-])(CC)CC.CCCC([O-])(CC)CC.[Ti+4]. The second-order valence-electron chi connectivity index (χ2n) is 10.6. The summed E-state index contributed by atoms with van der Waals surface area (Å²) in [5.74, 6) is 0. The van der Waals surface area contributed by atoms with Crippen molar-refractivity contribution in [2.24, 2.45) is 0 Å². The van der Waals surface area contributed by atoms with E-state index in [1.54, 1.807) is 0 Å². The molecule has 0 aliphatic rings. The van der Waals surface area contributed by atoms with E-state index in [4.69, 9.17) is 0 Å². The Morgan fingerprint density at radius 1 is 0.297 bits per heavy atom. The average molecular weight is 565 g/mol. The summed E-state index contributed by atoms with van der Waals surface area (Å²) in [6, 6.07) is 0. The fourth-order valence-corrected chi connectivity index (χ4v) is 4.24. The third kappa shape index (κ3) is 26.5. The summed E-state index contributed by atoms with van der Waals surface area (Å²) in [6.45, 7) is 24.1. The van der Waals surface area contributed by atoms with E-state index in [9.17, 15) is 20.4 Å². The van der Waals surface area contributed by atoms with Gasteiger partial charge in [0.05, 0.1) is 0 Å². The van der Waals surface area contributed by atoms with E-state index in [1.807, 2.05) is 55.4 Å². The van der Waals surface area contributed by atoms with Crippen LogP contribution in [-0.2, 0) is 21.7 Å². The van der Waals surface area contributed by atoms with Gasteiger partial charge < -0.3 is 20.4 Å². The van der Waals surface area contributed by atoms with Gasteiger partial charge in [-0.1, -0.05) is 186 Å². The molecule has 5 heteroatoms. The van der Waals surface area contributed by atoms with Crippen LogP contribution < -0.4 is 20.4 Å². The van der Waals surface area contributed by atoms with Crippen LogP contribution in [0.1, 0.15) is 186 Å². The van der Waals surface area contributed by atoms with Gasteiger partial charge in [0, 0.05) is 0 Å². The van der Waals surface area contributed by atoms with E-state index in [0.717, 1.165) is 103 Å². The van der Waals surface area contributed by atoms with E-state index in [1.165, 1.54) is 0 Å². The molecule has 0 rings (SSSR count). The van der Waals surface area contributed by atoms with Gasteiger partial charge in [-0.2, -0.15) is 0 Å². The van der Waals surface area contributed by atoms with Gasteiger partial charge in [0.2, 0.25) is 0 Å². The second-order valence-corrected chi connectivity index (χ2v) is 10.6. The van der Waals surface area contributed by atoms with Gasteiger partial charge in [-0.05, 0) is 0 Å². The van der Waals surface area contributed by atoms with Crippen LogP contribution in [0.5, 0.6) is 0 Å². The fraction of sp³-hybridized carbons (Fsp3) is 1.00. The Bertz CT molecular complexity index is 347. The monoisotopic (exact) mass is 564 g/mol. The van der Waals surface area contributed by atoms with Gasteiger partial charge in [-0.25, -0.2) is 0 Å². The van der Waals surface area contributed by atoms with E-state index >= 15 is 0 Å². The zero-order valence-corrected chi connectivity index (χ0v) is 29.0. The van der Waals surface area contributed by atoms with E-state index in [-0.39, 0.29) is 21.7 Å². The molecule has 0 unspecified atom stereocenters. The first-order valence-electron chi connectivity index (χ1n) is 15.5. The zero-order chi connectivity index (χ0) is 29.3. The molecular weight excluding hydrogens is 496 g/mol. The Morgan fingerprint density at radius 3 is 0.432 bits per heavy atom. The Morgan fingerprint density at radius 2 is 0.405 bits per heavy atom. The summed E-state index contributed by atoms with van der Waals surface area (Å²) in [5.41, 5.74) is -2.47. The van der Waals surface area contributed by atoms with Crippen molar-refractivity contribution < 1.29 is 42.1 Å². The molecule has 0 amide bonds. The van der Waals surface area contributed by atoms with Crippen molar-refractivity contribution in [1.29, 1.82) is 0 Å². The van der Waals surface area contributed by atoms with Crippen molar-refractivity contribution in [3.05, 3.63) is 0 Å². The molecule has 4 nitrogen and oxygen atoms in total. The van der Waals surface area contributed by atoms with Crippen molar-refractivity contribution in [2.75, 3.05) is 0 Å². The van der Waals surface area contributed by atoms with Crippen LogP contribution in [0.25, 0.3) is 0 Å². The molecule has 224 valence electrons.